The molecule has 3 N–H and O–H groups in total. The number of phenols is 1. The van der Waals surface area contributed by atoms with Crippen LogP contribution in [0.25, 0.3) is 5.69 Å². The van der Waals surface area contributed by atoms with Gasteiger partial charge in [-0.2, -0.15) is 0 Å². The molecule has 3 rings (SSSR count). The van der Waals surface area contributed by atoms with Crippen LogP contribution in [0, 0.1) is 10.1 Å². The van der Waals surface area contributed by atoms with Gasteiger partial charge in [-0.25, -0.2) is 9.67 Å². The average Bonchev–Trinajstić information content (AvgIpc) is 3.23. The maximum absolute atomic E-state index is 12.2. The second kappa shape index (κ2) is 6.62. The first-order chi connectivity index (χ1) is 12.0. The first-order valence-corrected chi connectivity index (χ1v) is 7.56. The number of aliphatic hydroxyl groups is 1. The van der Waals surface area contributed by atoms with Crippen LogP contribution in [-0.2, 0) is 6.61 Å². The molecule has 0 radical (unpaired) electrons. The maximum atomic E-state index is 12.2. The zero-order chi connectivity index (χ0) is 18.0. The Balaban J connectivity index is 1.79. The highest BCUT2D eigenvalue weighted by molar-refractivity contribution is 7.18. The highest BCUT2D eigenvalue weighted by Gasteiger charge is 2.17. The SMILES string of the molecule is O=C(Nc1ncc([N+](=O)[O-])s1)c1ccc(-n2cc(CO)nn2)cc1O. The molecule has 11 nitrogen and oxygen atoms in total. The van der Waals surface area contributed by atoms with Gasteiger partial charge in [-0.15, -0.1) is 5.10 Å². The van der Waals surface area contributed by atoms with Crippen LogP contribution in [0.15, 0.2) is 30.6 Å². The van der Waals surface area contributed by atoms with E-state index in [0.717, 1.165) is 6.20 Å². The summed E-state index contributed by atoms with van der Waals surface area (Å²) in [6.45, 7) is -0.271. The van der Waals surface area contributed by atoms with Crippen molar-refractivity contribution >= 4 is 27.4 Å². The summed E-state index contributed by atoms with van der Waals surface area (Å²) in [6.07, 6.45) is 2.51. The van der Waals surface area contributed by atoms with Crippen molar-refractivity contribution in [3.8, 4) is 11.4 Å². The van der Waals surface area contributed by atoms with Gasteiger partial charge < -0.3 is 10.2 Å². The molecule has 2 aromatic heterocycles. The average molecular weight is 362 g/mol. The van der Waals surface area contributed by atoms with Crippen molar-refractivity contribution < 1.29 is 19.9 Å². The number of rotatable bonds is 5. The van der Waals surface area contributed by atoms with Gasteiger partial charge in [-0.1, -0.05) is 5.21 Å². The zero-order valence-corrected chi connectivity index (χ0v) is 13.2. The number of nitro groups is 1. The van der Waals surface area contributed by atoms with Gasteiger partial charge in [-0.3, -0.25) is 20.2 Å². The Morgan fingerprint density at radius 2 is 2.24 bits per heavy atom. The van der Waals surface area contributed by atoms with Gasteiger partial charge >= 0.3 is 5.00 Å². The number of hydrogen-bond donors (Lipinski definition) is 3. The molecule has 0 aliphatic carbocycles. The Bertz CT molecular complexity index is 952. The standard InChI is InChI=1S/C13H10N6O5S/c20-6-7-5-18(17-16-7)8-1-2-9(10(21)3-8)12(22)15-13-14-4-11(25-13)19(23)24/h1-5,20-21H,6H2,(H,14,15,22). The van der Waals surface area contributed by atoms with Crippen molar-refractivity contribution in [2.75, 3.05) is 5.32 Å². The largest absolute Gasteiger partial charge is 0.507 e. The van der Waals surface area contributed by atoms with E-state index in [2.05, 4.69) is 20.6 Å². The minimum absolute atomic E-state index is 0.0379. The molecule has 25 heavy (non-hydrogen) atoms. The Hall–Kier alpha value is -3.38. The summed E-state index contributed by atoms with van der Waals surface area (Å²) < 4.78 is 1.33. The van der Waals surface area contributed by atoms with E-state index in [1.807, 2.05) is 0 Å². The predicted octanol–water partition coefficient (Wildman–Crippen LogP) is 1.08. The van der Waals surface area contributed by atoms with Crippen LogP contribution in [0.5, 0.6) is 5.75 Å². The number of hydrogen-bond acceptors (Lipinski definition) is 9. The van der Waals surface area contributed by atoms with Crippen LogP contribution in [0.2, 0.25) is 0 Å². The van der Waals surface area contributed by atoms with Crippen molar-refractivity contribution in [1.82, 2.24) is 20.0 Å². The number of thiazole rings is 1. The quantitative estimate of drug-likeness (QED) is 0.449. The van der Waals surface area contributed by atoms with E-state index in [1.165, 1.54) is 29.1 Å². The van der Waals surface area contributed by atoms with Gasteiger partial charge in [0, 0.05) is 6.07 Å². The molecule has 0 saturated heterocycles. The molecule has 3 aromatic rings. The topological polar surface area (TPSA) is 156 Å². The molecular formula is C13H10N6O5S. The maximum Gasteiger partial charge on any atom is 0.345 e. The van der Waals surface area contributed by atoms with Gasteiger partial charge in [0.25, 0.3) is 5.91 Å². The fraction of sp³-hybridized carbons (Fsp3) is 0.0769. The molecule has 2 heterocycles. The number of amides is 1. The fourth-order valence-electron chi connectivity index (χ4n) is 1.92. The van der Waals surface area contributed by atoms with E-state index in [0.29, 0.717) is 22.7 Å². The first kappa shape index (κ1) is 16.5. The highest BCUT2D eigenvalue weighted by atomic mass is 32.1. The molecule has 0 spiro atoms. The number of phenolic OH excluding ortho intramolecular Hbond substituents is 1. The minimum atomic E-state index is -0.664. The highest BCUT2D eigenvalue weighted by Crippen LogP contribution is 2.27. The van der Waals surface area contributed by atoms with Crippen molar-refractivity contribution in [1.29, 1.82) is 0 Å². The molecule has 12 heteroatoms. The van der Waals surface area contributed by atoms with E-state index < -0.39 is 10.8 Å². The molecule has 0 saturated carbocycles. The summed E-state index contributed by atoms with van der Waals surface area (Å²) in [5.74, 6) is -0.981. The van der Waals surface area contributed by atoms with Crippen molar-refractivity contribution in [3.63, 3.8) is 0 Å². The molecule has 1 aromatic carbocycles. The third-order valence-electron chi connectivity index (χ3n) is 3.09. The second-order valence-corrected chi connectivity index (χ2v) is 5.74. The number of nitrogens with zero attached hydrogens (tertiary/aromatic N) is 5. The van der Waals surface area contributed by atoms with Gasteiger partial charge in [0.1, 0.15) is 17.6 Å². The van der Waals surface area contributed by atoms with E-state index in [-0.39, 0.29) is 28.1 Å². The summed E-state index contributed by atoms with van der Waals surface area (Å²) in [4.78, 5) is 25.9. The predicted molar refractivity (Wildman–Crippen MR) is 85.7 cm³/mol. The van der Waals surface area contributed by atoms with Gasteiger partial charge in [0.05, 0.1) is 29.0 Å². The van der Waals surface area contributed by atoms with Gasteiger partial charge in [-0.05, 0) is 23.5 Å². The molecule has 0 aliphatic rings. The molecule has 128 valence electrons. The fourth-order valence-corrected chi connectivity index (χ4v) is 2.55. The lowest BCUT2D eigenvalue weighted by molar-refractivity contribution is -0.380. The van der Waals surface area contributed by atoms with Crippen molar-refractivity contribution in [2.24, 2.45) is 0 Å². The third kappa shape index (κ3) is 3.44. The van der Waals surface area contributed by atoms with Crippen molar-refractivity contribution in [3.05, 3.63) is 52.0 Å². The number of benzene rings is 1. The summed E-state index contributed by atoms with van der Waals surface area (Å²) in [6, 6.07) is 4.19. The van der Waals surface area contributed by atoms with Crippen LogP contribution in [-0.4, -0.2) is 41.0 Å². The lowest BCUT2D eigenvalue weighted by Gasteiger charge is -2.06. The normalized spacial score (nSPS) is 10.6. The summed E-state index contributed by atoms with van der Waals surface area (Å²) in [5.41, 5.74) is 0.752. The number of nitrogens with one attached hydrogen (secondary N) is 1. The van der Waals surface area contributed by atoms with Gasteiger partial charge in [0.15, 0.2) is 5.13 Å². The number of aromatic nitrogens is 4. The Labute approximate surface area is 143 Å². The summed E-state index contributed by atoms with van der Waals surface area (Å²) in [7, 11) is 0. The monoisotopic (exact) mass is 362 g/mol. The minimum Gasteiger partial charge on any atom is -0.507 e. The Morgan fingerprint density at radius 3 is 2.84 bits per heavy atom. The van der Waals surface area contributed by atoms with E-state index >= 15 is 0 Å². The van der Waals surface area contributed by atoms with Crippen LogP contribution in [0.4, 0.5) is 10.1 Å². The van der Waals surface area contributed by atoms with E-state index in [4.69, 9.17) is 5.11 Å². The number of aromatic hydroxyl groups is 1. The number of carbonyl (C=O) groups excluding carboxylic acids is 1. The van der Waals surface area contributed by atoms with E-state index in [9.17, 15) is 20.0 Å². The molecular weight excluding hydrogens is 352 g/mol. The Morgan fingerprint density at radius 1 is 1.44 bits per heavy atom. The number of carbonyl (C=O) groups is 1. The van der Waals surface area contributed by atoms with Gasteiger partial charge in [0.2, 0.25) is 0 Å². The second-order valence-electron chi connectivity index (χ2n) is 4.73. The molecule has 0 bridgehead atoms. The Kier molecular flexibility index (Phi) is 4.36. The van der Waals surface area contributed by atoms with Crippen LogP contribution in [0.1, 0.15) is 16.1 Å². The first-order valence-electron chi connectivity index (χ1n) is 6.75. The van der Waals surface area contributed by atoms with Crippen LogP contribution >= 0.6 is 11.3 Å². The van der Waals surface area contributed by atoms with E-state index in [1.54, 1.807) is 0 Å². The molecule has 1 amide bonds. The molecule has 0 unspecified atom stereocenters. The summed E-state index contributed by atoms with van der Waals surface area (Å²) >= 11 is 0.705. The van der Waals surface area contributed by atoms with Crippen LogP contribution < -0.4 is 5.32 Å². The molecule has 0 fully saturated rings. The van der Waals surface area contributed by atoms with Crippen molar-refractivity contribution in [2.45, 2.75) is 6.61 Å². The number of anilines is 1. The third-order valence-corrected chi connectivity index (χ3v) is 3.95. The smallest absolute Gasteiger partial charge is 0.345 e. The lowest BCUT2D eigenvalue weighted by atomic mass is 10.1. The zero-order valence-electron chi connectivity index (χ0n) is 12.4. The summed E-state index contributed by atoms with van der Waals surface area (Å²) in [5, 5.41) is 39.4. The van der Waals surface area contributed by atoms with Crippen LogP contribution in [0.3, 0.4) is 0 Å². The lowest BCUT2D eigenvalue weighted by Crippen LogP contribution is -2.12. The molecule has 0 aliphatic heterocycles. The number of aliphatic hydroxyl groups excluding tert-OH is 1. The molecule has 0 atom stereocenters.